The van der Waals surface area contributed by atoms with Crippen LogP contribution in [0.4, 0.5) is 5.82 Å². The van der Waals surface area contributed by atoms with Gasteiger partial charge >= 0.3 is 0 Å². The minimum atomic E-state index is -0.159. The van der Waals surface area contributed by atoms with Gasteiger partial charge in [-0.05, 0) is 5.56 Å². The van der Waals surface area contributed by atoms with Crippen LogP contribution in [0.2, 0.25) is 0 Å². The molecule has 0 aliphatic heterocycles. The molecule has 0 saturated heterocycles. The molecule has 8 heteroatoms. The Balaban J connectivity index is 1.52. The molecule has 5 rings (SSSR count). The molecule has 152 valence electrons. The van der Waals surface area contributed by atoms with Gasteiger partial charge in [0.15, 0.2) is 11.5 Å². The number of nitrogens with zero attached hydrogens (tertiary/aromatic N) is 5. The van der Waals surface area contributed by atoms with Crippen molar-refractivity contribution < 1.29 is 0 Å². The van der Waals surface area contributed by atoms with Crippen molar-refractivity contribution in [2.75, 3.05) is 5.32 Å². The zero-order valence-corrected chi connectivity index (χ0v) is 16.6. The molecule has 0 atom stereocenters. The molecule has 0 aliphatic carbocycles. The zero-order valence-electron chi connectivity index (χ0n) is 16.6. The molecule has 0 radical (unpaired) electrons. The quantitative estimate of drug-likeness (QED) is 0.446. The van der Waals surface area contributed by atoms with E-state index in [4.69, 9.17) is 5.10 Å². The first-order valence-corrected chi connectivity index (χ1v) is 9.86. The standard InChI is InChI=1S/C23H19N7O/c31-19-11-18(12-24-22-21-23(26-14-25-21)28-15-27-22)20(17-9-5-2-6-10-17)29-30(19)13-16-7-3-1-4-8-16/h1-11,14-15H,12-13H2,(H2,24,25,26,27,28). The summed E-state index contributed by atoms with van der Waals surface area (Å²) in [5.74, 6) is 0.596. The Kier molecular flexibility index (Phi) is 4.94. The maximum Gasteiger partial charge on any atom is 0.267 e. The molecule has 2 N–H and O–H groups in total. The summed E-state index contributed by atoms with van der Waals surface area (Å²) in [5, 5.41) is 7.99. The smallest absolute Gasteiger partial charge is 0.267 e. The van der Waals surface area contributed by atoms with Gasteiger partial charge in [0.2, 0.25) is 0 Å². The SMILES string of the molecule is O=c1cc(CNc2ncnc3[nH]cnc23)c(-c2ccccc2)nn1Cc1ccccc1. The van der Waals surface area contributed by atoms with E-state index in [1.54, 1.807) is 12.4 Å². The van der Waals surface area contributed by atoms with Crippen molar-refractivity contribution in [3.63, 3.8) is 0 Å². The molecular formula is C23H19N7O. The van der Waals surface area contributed by atoms with Crippen molar-refractivity contribution in [3.8, 4) is 11.3 Å². The number of H-pyrrole nitrogens is 1. The van der Waals surface area contributed by atoms with Crippen LogP contribution in [-0.4, -0.2) is 29.7 Å². The number of imidazole rings is 1. The van der Waals surface area contributed by atoms with Crippen molar-refractivity contribution in [1.82, 2.24) is 29.7 Å². The fourth-order valence-corrected chi connectivity index (χ4v) is 3.44. The van der Waals surface area contributed by atoms with Crippen LogP contribution in [0.15, 0.2) is 84.2 Å². The van der Waals surface area contributed by atoms with Crippen molar-refractivity contribution >= 4 is 17.0 Å². The third-order valence-electron chi connectivity index (χ3n) is 4.96. The van der Waals surface area contributed by atoms with Gasteiger partial charge in [-0.15, -0.1) is 0 Å². The highest BCUT2D eigenvalue weighted by molar-refractivity contribution is 5.82. The maximum absolute atomic E-state index is 12.8. The number of hydrogen-bond donors (Lipinski definition) is 2. The number of hydrogen-bond acceptors (Lipinski definition) is 6. The molecule has 3 aromatic heterocycles. The summed E-state index contributed by atoms with van der Waals surface area (Å²) < 4.78 is 1.50. The Hall–Kier alpha value is -4.33. The lowest BCUT2D eigenvalue weighted by molar-refractivity contribution is 0.638. The van der Waals surface area contributed by atoms with Crippen LogP contribution in [-0.2, 0) is 13.1 Å². The van der Waals surface area contributed by atoms with Crippen LogP contribution < -0.4 is 10.9 Å². The van der Waals surface area contributed by atoms with Crippen LogP contribution in [0.25, 0.3) is 22.4 Å². The van der Waals surface area contributed by atoms with E-state index >= 15 is 0 Å². The summed E-state index contributed by atoms with van der Waals surface area (Å²) >= 11 is 0. The van der Waals surface area contributed by atoms with Crippen LogP contribution in [0.5, 0.6) is 0 Å². The molecule has 2 aromatic carbocycles. The molecular weight excluding hydrogens is 390 g/mol. The highest BCUT2D eigenvalue weighted by Gasteiger charge is 2.13. The number of benzene rings is 2. The number of aromatic nitrogens is 6. The third-order valence-corrected chi connectivity index (χ3v) is 4.96. The van der Waals surface area contributed by atoms with Gasteiger partial charge < -0.3 is 10.3 Å². The molecule has 31 heavy (non-hydrogen) atoms. The maximum atomic E-state index is 12.8. The molecule has 0 aliphatic rings. The summed E-state index contributed by atoms with van der Waals surface area (Å²) in [7, 11) is 0. The summed E-state index contributed by atoms with van der Waals surface area (Å²) in [5.41, 5.74) is 4.62. The van der Waals surface area contributed by atoms with E-state index in [0.717, 1.165) is 22.4 Å². The Morgan fingerprint density at radius 2 is 1.71 bits per heavy atom. The summed E-state index contributed by atoms with van der Waals surface area (Å²) in [4.78, 5) is 28.5. The van der Waals surface area contributed by atoms with Gasteiger partial charge in [-0.25, -0.2) is 19.6 Å². The zero-order chi connectivity index (χ0) is 21.0. The van der Waals surface area contributed by atoms with Crippen LogP contribution in [0.1, 0.15) is 11.1 Å². The Bertz CT molecular complexity index is 1380. The Morgan fingerprint density at radius 1 is 0.935 bits per heavy atom. The van der Waals surface area contributed by atoms with Crippen molar-refractivity contribution in [1.29, 1.82) is 0 Å². The second kappa shape index (κ2) is 8.19. The van der Waals surface area contributed by atoms with E-state index in [9.17, 15) is 4.79 Å². The first-order chi connectivity index (χ1) is 15.3. The second-order valence-electron chi connectivity index (χ2n) is 7.04. The predicted molar refractivity (Wildman–Crippen MR) is 118 cm³/mol. The summed E-state index contributed by atoms with van der Waals surface area (Å²) in [6.45, 7) is 0.782. The number of rotatable bonds is 6. The average Bonchev–Trinajstić information content (AvgIpc) is 3.30. The molecule has 0 unspecified atom stereocenters. The highest BCUT2D eigenvalue weighted by Crippen LogP contribution is 2.22. The largest absolute Gasteiger partial charge is 0.364 e. The van der Waals surface area contributed by atoms with Crippen molar-refractivity contribution in [2.45, 2.75) is 13.1 Å². The lowest BCUT2D eigenvalue weighted by Crippen LogP contribution is -2.25. The van der Waals surface area contributed by atoms with Crippen LogP contribution >= 0.6 is 0 Å². The van der Waals surface area contributed by atoms with E-state index in [-0.39, 0.29) is 5.56 Å². The Morgan fingerprint density at radius 3 is 2.52 bits per heavy atom. The second-order valence-corrected chi connectivity index (χ2v) is 7.04. The molecule has 0 saturated carbocycles. The minimum Gasteiger partial charge on any atom is -0.364 e. The number of nitrogens with one attached hydrogen (secondary N) is 2. The van der Waals surface area contributed by atoms with Gasteiger partial charge in [0.1, 0.15) is 11.8 Å². The number of fused-ring (bicyclic) bond motifs is 1. The fraction of sp³-hybridized carbons (Fsp3) is 0.0870. The summed E-state index contributed by atoms with van der Waals surface area (Å²) in [6, 6.07) is 21.3. The molecule has 0 fully saturated rings. The topological polar surface area (TPSA) is 101 Å². The summed E-state index contributed by atoms with van der Waals surface area (Å²) in [6.07, 6.45) is 3.04. The first-order valence-electron chi connectivity index (χ1n) is 9.86. The fourth-order valence-electron chi connectivity index (χ4n) is 3.44. The van der Waals surface area contributed by atoms with Crippen molar-refractivity contribution in [2.24, 2.45) is 0 Å². The van der Waals surface area contributed by atoms with Gasteiger partial charge in [0, 0.05) is 23.7 Å². The van der Waals surface area contributed by atoms with E-state index in [0.29, 0.717) is 30.1 Å². The van der Waals surface area contributed by atoms with Gasteiger partial charge in [-0.3, -0.25) is 4.79 Å². The lowest BCUT2D eigenvalue weighted by Gasteiger charge is -2.13. The number of anilines is 1. The molecule has 3 heterocycles. The van der Waals surface area contributed by atoms with E-state index in [1.807, 2.05) is 60.7 Å². The number of aromatic amines is 1. The van der Waals surface area contributed by atoms with E-state index in [2.05, 4.69) is 25.3 Å². The first kappa shape index (κ1) is 18.7. The molecule has 0 bridgehead atoms. The highest BCUT2D eigenvalue weighted by atomic mass is 16.1. The van der Waals surface area contributed by atoms with E-state index in [1.165, 1.54) is 11.0 Å². The van der Waals surface area contributed by atoms with Gasteiger partial charge in [-0.2, -0.15) is 5.10 Å². The Labute approximate surface area is 177 Å². The third kappa shape index (κ3) is 3.91. The normalized spacial score (nSPS) is 11.0. The van der Waals surface area contributed by atoms with E-state index < -0.39 is 0 Å². The van der Waals surface area contributed by atoms with Crippen molar-refractivity contribution in [3.05, 3.63) is 101 Å². The van der Waals surface area contributed by atoms with Crippen LogP contribution in [0.3, 0.4) is 0 Å². The van der Waals surface area contributed by atoms with Gasteiger partial charge in [-0.1, -0.05) is 60.7 Å². The predicted octanol–water partition coefficient (Wildman–Crippen LogP) is 3.24. The van der Waals surface area contributed by atoms with Crippen LogP contribution in [0, 0.1) is 0 Å². The van der Waals surface area contributed by atoms with Gasteiger partial charge in [0.05, 0.1) is 18.6 Å². The molecule has 0 amide bonds. The molecule has 5 aromatic rings. The monoisotopic (exact) mass is 409 g/mol. The molecule has 0 spiro atoms. The lowest BCUT2D eigenvalue weighted by atomic mass is 10.1. The average molecular weight is 409 g/mol. The minimum absolute atomic E-state index is 0.159. The van der Waals surface area contributed by atoms with Gasteiger partial charge in [0.25, 0.3) is 5.56 Å². The molecule has 8 nitrogen and oxygen atoms in total.